The molecule has 1 heterocycles. The number of nitrogens with one attached hydrogen (secondary N) is 1. The molecular weight excluding hydrogens is 180 g/mol. The van der Waals surface area contributed by atoms with Crippen LogP contribution in [0.2, 0.25) is 0 Å². The van der Waals surface area contributed by atoms with Crippen molar-refractivity contribution >= 4 is 11.7 Å². The normalized spacial score (nSPS) is 16.0. The topological polar surface area (TPSA) is 80.9 Å². The Morgan fingerprint density at radius 2 is 2.36 bits per heavy atom. The first kappa shape index (κ1) is 8.93. The van der Waals surface area contributed by atoms with E-state index in [4.69, 9.17) is 5.73 Å². The molecule has 3 N–H and O–H groups in total. The molecule has 0 spiro atoms. The van der Waals surface area contributed by atoms with Crippen molar-refractivity contribution in [3.8, 4) is 0 Å². The lowest BCUT2D eigenvalue weighted by Gasteiger charge is -2.25. The van der Waals surface area contributed by atoms with Crippen LogP contribution in [-0.4, -0.2) is 21.9 Å². The summed E-state index contributed by atoms with van der Waals surface area (Å²) in [6, 6.07) is 1.85. The van der Waals surface area contributed by atoms with E-state index >= 15 is 0 Å². The van der Waals surface area contributed by atoms with Crippen LogP contribution in [0.3, 0.4) is 0 Å². The summed E-state index contributed by atoms with van der Waals surface area (Å²) in [4.78, 5) is 19.2. The minimum absolute atomic E-state index is 0.150. The quantitative estimate of drug-likeness (QED) is 0.708. The number of hydrogen-bond acceptors (Lipinski definition) is 4. The molecule has 0 unspecified atom stereocenters. The summed E-state index contributed by atoms with van der Waals surface area (Å²) in [5, 5.41) is 2.84. The van der Waals surface area contributed by atoms with E-state index in [1.54, 1.807) is 6.07 Å². The van der Waals surface area contributed by atoms with Crippen molar-refractivity contribution in [1.29, 1.82) is 0 Å². The van der Waals surface area contributed by atoms with Crippen LogP contribution >= 0.6 is 0 Å². The van der Waals surface area contributed by atoms with Crippen molar-refractivity contribution in [1.82, 2.24) is 15.3 Å². The molecule has 5 nitrogen and oxygen atoms in total. The number of nitrogen functional groups attached to an aromatic ring is 1. The Balaban J connectivity index is 2.02. The molecule has 1 fully saturated rings. The third kappa shape index (κ3) is 1.81. The molecule has 0 bridgehead atoms. The molecule has 1 aliphatic rings. The molecule has 0 radical (unpaired) electrons. The molecule has 0 atom stereocenters. The van der Waals surface area contributed by atoms with E-state index in [0.717, 1.165) is 12.8 Å². The minimum atomic E-state index is -0.234. The second kappa shape index (κ2) is 3.61. The zero-order chi connectivity index (χ0) is 9.97. The first-order valence-corrected chi connectivity index (χ1v) is 4.65. The summed E-state index contributed by atoms with van der Waals surface area (Å²) in [6.45, 7) is 0. The first-order valence-electron chi connectivity index (χ1n) is 4.65. The molecule has 1 aromatic rings. The van der Waals surface area contributed by atoms with Crippen LogP contribution in [0.25, 0.3) is 0 Å². The highest BCUT2D eigenvalue weighted by molar-refractivity contribution is 5.90. The van der Waals surface area contributed by atoms with Crippen LogP contribution in [-0.2, 0) is 0 Å². The highest BCUT2D eigenvalue weighted by atomic mass is 16.2. The number of anilines is 1. The standard InChI is InChI=1S/C9H12N4O/c10-7-4-5-11-8(13-7)9(14)12-6-2-1-3-6/h4-6H,1-3H2,(H,12,14)(H2,10,11,13). The number of rotatable bonds is 2. The number of aromatic nitrogens is 2. The van der Waals surface area contributed by atoms with Gasteiger partial charge in [-0.1, -0.05) is 0 Å². The van der Waals surface area contributed by atoms with Gasteiger partial charge in [-0.3, -0.25) is 4.79 Å². The van der Waals surface area contributed by atoms with Gasteiger partial charge in [0.2, 0.25) is 5.82 Å². The Morgan fingerprint density at radius 3 is 2.93 bits per heavy atom. The van der Waals surface area contributed by atoms with Gasteiger partial charge >= 0.3 is 0 Å². The average molecular weight is 192 g/mol. The third-order valence-electron chi connectivity index (χ3n) is 2.32. The predicted octanol–water partition coefficient (Wildman–Crippen LogP) is 0.341. The van der Waals surface area contributed by atoms with Crippen LogP contribution in [0.1, 0.15) is 29.9 Å². The fourth-order valence-electron chi connectivity index (χ4n) is 1.28. The van der Waals surface area contributed by atoms with Gasteiger partial charge in [0.1, 0.15) is 5.82 Å². The zero-order valence-electron chi connectivity index (χ0n) is 7.73. The molecule has 0 saturated heterocycles. The van der Waals surface area contributed by atoms with Gasteiger partial charge in [0.25, 0.3) is 5.91 Å². The Labute approximate surface area is 81.7 Å². The van der Waals surface area contributed by atoms with Crippen molar-refractivity contribution in [3.63, 3.8) is 0 Å². The van der Waals surface area contributed by atoms with Crippen LogP contribution in [0.5, 0.6) is 0 Å². The lowest BCUT2D eigenvalue weighted by atomic mass is 9.93. The van der Waals surface area contributed by atoms with E-state index in [2.05, 4.69) is 15.3 Å². The SMILES string of the molecule is Nc1ccnc(C(=O)NC2CCC2)n1. The Hall–Kier alpha value is -1.65. The molecular formula is C9H12N4O. The lowest BCUT2D eigenvalue weighted by molar-refractivity contribution is 0.0906. The third-order valence-corrected chi connectivity index (χ3v) is 2.32. The van der Waals surface area contributed by atoms with E-state index in [9.17, 15) is 4.79 Å². The Morgan fingerprint density at radius 1 is 1.57 bits per heavy atom. The van der Waals surface area contributed by atoms with Crippen LogP contribution in [0, 0.1) is 0 Å². The maximum atomic E-state index is 11.5. The van der Waals surface area contributed by atoms with Gasteiger partial charge in [0, 0.05) is 12.2 Å². The number of nitrogens with zero attached hydrogens (tertiary/aromatic N) is 2. The van der Waals surface area contributed by atoms with Crippen molar-refractivity contribution in [3.05, 3.63) is 18.1 Å². The van der Waals surface area contributed by atoms with Crippen molar-refractivity contribution in [2.75, 3.05) is 5.73 Å². The molecule has 74 valence electrons. The van der Waals surface area contributed by atoms with Crippen molar-refractivity contribution < 1.29 is 4.79 Å². The smallest absolute Gasteiger partial charge is 0.289 e. The van der Waals surface area contributed by atoms with Crippen molar-refractivity contribution in [2.45, 2.75) is 25.3 Å². The molecule has 2 rings (SSSR count). The van der Waals surface area contributed by atoms with Gasteiger partial charge < -0.3 is 11.1 Å². The predicted molar refractivity (Wildman–Crippen MR) is 51.5 cm³/mol. The van der Waals surface area contributed by atoms with Gasteiger partial charge in [-0.15, -0.1) is 0 Å². The van der Waals surface area contributed by atoms with Gasteiger partial charge in [-0.2, -0.15) is 0 Å². The van der Waals surface area contributed by atoms with E-state index in [1.165, 1.54) is 12.6 Å². The zero-order valence-corrected chi connectivity index (χ0v) is 7.73. The number of carbonyl (C=O) groups is 1. The highest BCUT2D eigenvalue weighted by Gasteiger charge is 2.21. The van der Waals surface area contributed by atoms with Gasteiger partial charge in [0.05, 0.1) is 0 Å². The van der Waals surface area contributed by atoms with Crippen LogP contribution in [0.15, 0.2) is 12.3 Å². The fourth-order valence-corrected chi connectivity index (χ4v) is 1.28. The second-order valence-electron chi connectivity index (χ2n) is 3.41. The van der Waals surface area contributed by atoms with Gasteiger partial charge in [-0.25, -0.2) is 9.97 Å². The monoisotopic (exact) mass is 192 g/mol. The summed E-state index contributed by atoms with van der Waals surface area (Å²) >= 11 is 0. The van der Waals surface area contributed by atoms with Gasteiger partial charge in [-0.05, 0) is 25.3 Å². The summed E-state index contributed by atoms with van der Waals surface area (Å²) < 4.78 is 0. The average Bonchev–Trinajstić information content (AvgIpc) is 2.11. The molecule has 0 aromatic carbocycles. The van der Waals surface area contributed by atoms with E-state index in [-0.39, 0.29) is 11.7 Å². The summed E-state index contributed by atoms with van der Waals surface area (Å²) in [5.74, 6) is 0.234. The van der Waals surface area contributed by atoms with E-state index in [1.807, 2.05) is 0 Å². The molecule has 0 aliphatic heterocycles. The van der Waals surface area contributed by atoms with Crippen LogP contribution in [0.4, 0.5) is 5.82 Å². The maximum absolute atomic E-state index is 11.5. The molecule has 1 aromatic heterocycles. The lowest BCUT2D eigenvalue weighted by Crippen LogP contribution is -2.40. The van der Waals surface area contributed by atoms with E-state index in [0.29, 0.717) is 11.9 Å². The largest absolute Gasteiger partial charge is 0.384 e. The number of carbonyl (C=O) groups excluding carboxylic acids is 1. The number of amides is 1. The summed E-state index contributed by atoms with van der Waals surface area (Å²) in [7, 11) is 0. The molecule has 1 amide bonds. The number of nitrogens with two attached hydrogens (primary N) is 1. The summed E-state index contributed by atoms with van der Waals surface area (Å²) in [6.07, 6.45) is 4.77. The molecule has 1 saturated carbocycles. The molecule has 14 heavy (non-hydrogen) atoms. The minimum Gasteiger partial charge on any atom is -0.384 e. The summed E-state index contributed by atoms with van der Waals surface area (Å²) in [5.41, 5.74) is 5.44. The first-order chi connectivity index (χ1) is 6.75. The fraction of sp³-hybridized carbons (Fsp3) is 0.444. The van der Waals surface area contributed by atoms with Crippen molar-refractivity contribution in [2.24, 2.45) is 0 Å². The Bertz CT molecular complexity index is 348. The van der Waals surface area contributed by atoms with Gasteiger partial charge in [0.15, 0.2) is 0 Å². The van der Waals surface area contributed by atoms with Crippen LogP contribution < -0.4 is 11.1 Å². The second-order valence-corrected chi connectivity index (χ2v) is 3.41. The Kier molecular flexibility index (Phi) is 2.30. The number of hydrogen-bond donors (Lipinski definition) is 2. The maximum Gasteiger partial charge on any atom is 0.289 e. The molecule has 1 aliphatic carbocycles. The highest BCUT2D eigenvalue weighted by Crippen LogP contribution is 2.18. The van der Waals surface area contributed by atoms with E-state index < -0.39 is 0 Å². The molecule has 5 heteroatoms.